The third-order valence-corrected chi connectivity index (χ3v) is 9.47. The van der Waals surface area contributed by atoms with Crippen LogP contribution >= 0.6 is 0 Å². The zero-order valence-electron chi connectivity index (χ0n) is 29.3. The van der Waals surface area contributed by atoms with Crippen molar-refractivity contribution < 1.29 is 20.1 Å². The summed E-state index contributed by atoms with van der Waals surface area (Å²) in [5.74, 6) is 0. The summed E-state index contributed by atoms with van der Waals surface area (Å²) in [6, 6.07) is 44.1. The fraction of sp³-hybridized carbons (Fsp3) is 0.143. The van der Waals surface area contributed by atoms with Gasteiger partial charge in [-0.2, -0.15) is 0 Å². The van der Waals surface area contributed by atoms with Gasteiger partial charge in [-0.05, 0) is 59.4 Å². The molecule has 0 unspecified atom stereocenters. The maximum atomic E-state index is 9.74. The van der Waals surface area contributed by atoms with Gasteiger partial charge in [-0.25, -0.2) is 9.97 Å². The van der Waals surface area contributed by atoms with E-state index < -0.39 is 14.2 Å². The van der Waals surface area contributed by atoms with Crippen molar-refractivity contribution in [1.82, 2.24) is 19.8 Å². The molecule has 8 nitrogen and oxygen atoms in total. The Hall–Kier alpha value is -5.19. The fourth-order valence-corrected chi connectivity index (χ4v) is 6.83. The highest BCUT2D eigenvalue weighted by atomic mass is 16.4. The highest BCUT2D eigenvalue weighted by Gasteiger charge is 2.18. The lowest BCUT2D eigenvalue weighted by Gasteiger charge is -2.19. The maximum absolute atomic E-state index is 9.74. The first-order valence-corrected chi connectivity index (χ1v) is 17.4. The number of nitrogens with zero attached hydrogens (tertiary/aromatic N) is 4. The third kappa shape index (κ3) is 7.98. The molecule has 7 rings (SSSR count). The molecule has 0 atom stereocenters. The lowest BCUT2D eigenvalue weighted by atomic mass is 9.77. The number of pyridine rings is 2. The van der Waals surface area contributed by atoms with Crippen LogP contribution in [0.1, 0.15) is 22.3 Å². The quantitative estimate of drug-likeness (QED) is 0.108. The van der Waals surface area contributed by atoms with Crippen LogP contribution < -0.4 is 10.9 Å². The molecule has 0 amide bonds. The third-order valence-electron chi connectivity index (χ3n) is 9.47. The molecule has 5 aromatic carbocycles. The lowest BCUT2D eigenvalue weighted by molar-refractivity contribution is 0.319. The average Bonchev–Trinajstić information content (AvgIpc) is 3.15. The SMILES string of the molecule is CN(Cc1ccc(-c2ccc3ccc4ccc(-c5ccc(CN(C)Cc6ccccc6B(O)O)cc5)nc4c3n2)cc1)Cc1ccccc1B(O)O. The van der Waals surface area contributed by atoms with Crippen LogP contribution in [0.15, 0.2) is 133 Å². The number of benzene rings is 5. The second-order valence-electron chi connectivity index (χ2n) is 13.5. The highest BCUT2D eigenvalue weighted by Crippen LogP contribution is 2.29. The Morgan fingerprint density at radius 2 is 0.808 bits per heavy atom. The number of hydrogen-bond donors (Lipinski definition) is 4. The topological polar surface area (TPSA) is 113 Å². The Bertz CT molecular complexity index is 2150. The molecule has 4 N–H and O–H groups in total. The first-order chi connectivity index (χ1) is 25.2. The molecule has 0 saturated heterocycles. The number of hydrogen-bond acceptors (Lipinski definition) is 8. The van der Waals surface area contributed by atoms with Gasteiger partial charge in [0.1, 0.15) is 0 Å². The molecule has 2 heterocycles. The van der Waals surface area contributed by atoms with E-state index >= 15 is 0 Å². The minimum Gasteiger partial charge on any atom is -0.423 e. The van der Waals surface area contributed by atoms with Gasteiger partial charge in [0, 0.05) is 48.1 Å². The van der Waals surface area contributed by atoms with Crippen molar-refractivity contribution in [2.45, 2.75) is 26.2 Å². The van der Waals surface area contributed by atoms with E-state index in [2.05, 4.69) is 94.7 Å². The molecular formula is C42H40B2N4O4. The maximum Gasteiger partial charge on any atom is 0.488 e. The number of aromatic nitrogens is 2. The van der Waals surface area contributed by atoms with Crippen LogP contribution in [0.3, 0.4) is 0 Å². The largest absolute Gasteiger partial charge is 0.488 e. The Balaban J connectivity index is 1.07. The molecule has 0 bridgehead atoms. The van der Waals surface area contributed by atoms with Crippen LogP contribution in [0.4, 0.5) is 0 Å². The molecule has 0 radical (unpaired) electrons. The van der Waals surface area contributed by atoms with E-state index in [9.17, 15) is 20.1 Å². The normalized spacial score (nSPS) is 11.5. The zero-order chi connectivity index (χ0) is 36.2. The molecule has 2 aromatic heterocycles. The van der Waals surface area contributed by atoms with Gasteiger partial charge in [0.25, 0.3) is 0 Å². The molecule has 0 fully saturated rings. The standard InChI is InChI=1S/C42H40B2N4O4/c1-47(27-35-7-3-5-9-37(35)43(49)50)25-29-11-15-31(16-12-29)39-23-21-33-19-20-34-22-24-40(46-42(34)41(33)45-39)32-17-13-30(14-18-32)26-48(2)28-36-8-4-6-10-38(36)44(51)52/h3-24,49-52H,25-28H2,1-2H3. The van der Waals surface area contributed by atoms with E-state index in [1.54, 1.807) is 12.1 Å². The summed E-state index contributed by atoms with van der Waals surface area (Å²) in [5, 5.41) is 41.0. The fourth-order valence-electron chi connectivity index (χ4n) is 6.83. The Morgan fingerprint density at radius 1 is 0.442 bits per heavy atom. The van der Waals surface area contributed by atoms with Crippen molar-refractivity contribution in [3.63, 3.8) is 0 Å². The summed E-state index contributed by atoms with van der Waals surface area (Å²) >= 11 is 0. The minimum absolute atomic E-state index is 0.527. The molecule has 0 aliphatic carbocycles. The summed E-state index contributed by atoms with van der Waals surface area (Å²) in [5.41, 5.74) is 10.6. The summed E-state index contributed by atoms with van der Waals surface area (Å²) in [7, 11) is 1.06. The first-order valence-electron chi connectivity index (χ1n) is 17.4. The van der Waals surface area contributed by atoms with E-state index in [0.717, 1.165) is 66.6 Å². The van der Waals surface area contributed by atoms with Gasteiger partial charge in [-0.15, -0.1) is 0 Å². The Labute approximate surface area is 304 Å². The van der Waals surface area contributed by atoms with Gasteiger partial charge in [0.15, 0.2) is 0 Å². The molecule has 0 aliphatic heterocycles. The Morgan fingerprint density at radius 3 is 1.19 bits per heavy atom. The molecule has 0 spiro atoms. The number of fused-ring (bicyclic) bond motifs is 3. The predicted octanol–water partition coefficient (Wildman–Crippen LogP) is 4.74. The van der Waals surface area contributed by atoms with Crippen LogP contribution in [0.25, 0.3) is 44.3 Å². The van der Waals surface area contributed by atoms with E-state index in [1.165, 1.54) is 0 Å². The molecule has 258 valence electrons. The van der Waals surface area contributed by atoms with E-state index in [1.807, 2.05) is 50.5 Å². The van der Waals surface area contributed by atoms with Crippen LogP contribution in [-0.4, -0.2) is 68.2 Å². The van der Waals surface area contributed by atoms with Crippen molar-refractivity contribution in [1.29, 1.82) is 0 Å². The van der Waals surface area contributed by atoms with Crippen LogP contribution in [0, 0.1) is 0 Å². The number of rotatable bonds is 12. The minimum atomic E-state index is -1.49. The van der Waals surface area contributed by atoms with Crippen molar-refractivity contribution in [3.8, 4) is 22.5 Å². The van der Waals surface area contributed by atoms with E-state index in [0.29, 0.717) is 37.1 Å². The van der Waals surface area contributed by atoms with Gasteiger partial charge in [-0.1, -0.05) is 121 Å². The zero-order valence-corrected chi connectivity index (χ0v) is 29.3. The summed E-state index contributed by atoms with van der Waals surface area (Å²) < 4.78 is 0. The molecule has 0 saturated carbocycles. The summed E-state index contributed by atoms with van der Waals surface area (Å²) in [6.07, 6.45) is 0. The van der Waals surface area contributed by atoms with E-state index in [4.69, 9.17) is 9.97 Å². The van der Waals surface area contributed by atoms with Crippen molar-refractivity contribution >= 4 is 47.0 Å². The smallest absolute Gasteiger partial charge is 0.423 e. The lowest BCUT2D eigenvalue weighted by Crippen LogP contribution is -2.34. The molecule has 10 heteroatoms. The van der Waals surface area contributed by atoms with Crippen molar-refractivity contribution in [3.05, 3.63) is 156 Å². The second-order valence-corrected chi connectivity index (χ2v) is 13.5. The monoisotopic (exact) mass is 686 g/mol. The van der Waals surface area contributed by atoms with Gasteiger partial charge in [0.2, 0.25) is 0 Å². The highest BCUT2D eigenvalue weighted by molar-refractivity contribution is 6.59. The van der Waals surface area contributed by atoms with Gasteiger partial charge in [0.05, 0.1) is 22.4 Å². The summed E-state index contributed by atoms with van der Waals surface area (Å²) in [4.78, 5) is 14.5. The Kier molecular flexibility index (Phi) is 10.6. The van der Waals surface area contributed by atoms with Crippen molar-refractivity contribution in [2.24, 2.45) is 0 Å². The molecule has 0 aliphatic rings. The van der Waals surface area contributed by atoms with Crippen LogP contribution in [-0.2, 0) is 26.2 Å². The predicted molar refractivity (Wildman–Crippen MR) is 211 cm³/mol. The van der Waals surface area contributed by atoms with E-state index in [-0.39, 0.29) is 0 Å². The molecule has 52 heavy (non-hydrogen) atoms. The van der Waals surface area contributed by atoms with Crippen LogP contribution in [0.5, 0.6) is 0 Å². The van der Waals surface area contributed by atoms with Gasteiger partial charge in [-0.3, -0.25) is 9.80 Å². The van der Waals surface area contributed by atoms with Gasteiger partial charge >= 0.3 is 14.2 Å². The summed E-state index contributed by atoms with van der Waals surface area (Å²) in [6.45, 7) is 2.61. The molecule has 7 aromatic rings. The van der Waals surface area contributed by atoms with Gasteiger partial charge < -0.3 is 20.1 Å². The average molecular weight is 686 g/mol. The molecular weight excluding hydrogens is 646 g/mol. The van der Waals surface area contributed by atoms with Crippen LogP contribution in [0.2, 0.25) is 0 Å². The van der Waals surface area contributed by atoms with Crippen molar-refractivity contribution in [2.75, 3.05) is 14.1 Å². The second kappa shape index (κ2) is 15.6. The first kappa shape index (κ1) is 35.2.